The molecule has 5 heteroatoms. The van der Waals surface area contributed by atoms with Crippen LogP contribution in [0.4, 0.5) is 5.82 Å². The summed E-state index contributed by atoms with van der Waals surface area (Å²) in [7, 11) is 0. The van der Waals surface area contributed by atoms with Gasteiger partial charge in [-0.2, -0.15) is 0 Å². The molecule has 0 aliphatic rings. The molecule has 106 valence electrons. The molecule has 0 aliphatic heterocycles. The second-order valence-corrected chi connectivity index (χ2v) is 5.34. The fraction of sp³-hybridized carbons (Fsp3) is 0.333. The number of aliphatic hydroxyl groups is 1. The summed E-state index contributed by atoms with van der Waals surface area (Å²) in [5, 5.41) is 12.8. The van der Waals surface area contributed by atoms with E-state index in [1.54, 1.807) is 0 Å². The van der Waals surface area contributed by atoms with Gasteiger partial charge >= 0.3 is 0 Å². The fourth-order valence-electron chi connectivity index (χ4n) is 1.97. The van der Waals surface area contributed by atoms with Crippen LogP contribution in [0.3, 0.4) is 0 Å². The van der Waals surface area contributed by atoms with E-state index < -0.39 is 0 Å². The van der Waals surface area contributed by atoms with Crippen molar-refractivity contribution in [1.82, 2.24) is 9.97 Å². The third kappa shape index (κ3) is 4.02. The first-order valence-corrected chi connectivity index (χ1v) is 7.48. The monoisotopic (exact) mass is 335 g/mol. The molecule has 2 aromatic rings. The van der Waals surface area contributed by atoms with Crippen molar-refractivity contribution in [2.45, 2.75) is 25.8 Å². The molecule has 20 heavy (non-hydrogen) atoms. The van der Waals surface area contributed by atoms with Crippen LogP contribution in [0, 0.1) is 0 Å². The molecule has 0 saturated carbocycles. The fourth-order valence-corrected chi connectivity index (χ4v) is 2.39. The molecule has 4 nitrogen and oxygen atoms in total. The van der Waals surface area contributed by atoms with Crippen molar-refractivity contribution in [2.75, 3.05) is 11.9 Å². The van der Waals surface area contributed by atoms with Gasteiger partial charge in [-0.15, -0.1) is 0 Å². The molecule has 0 saturated heterocycles. The lowest BCUT2D eigenvalue weighted by molar-refractivity contribution is 0.276. The molecule has 1 heterocycles. The van der Waals surface area contributed by atoms with E-state index in [2.05, 4.69) is 38.1 Å². The van der Waals surface area contributed by atoms with Crippen LogP contribution in [0.25, 0.3) is 0 Å². The van der Waals surface area contributed by atoms with Crippen LogP contribution in [0.1, 0.15) is 30.8 Å². The van der Waals surface area contributed by atoms with Crippen molar-refractivity contribution in [2.24, 2.45) is 0 Å². The number of aryl methyl sites for hydroxylation is 1. The standard InChI is InChI=1S/C15H18BrN3O/c1-2-6-14-18-13(16)9-15(19-14)17-12(10-20)11-7-4-3-5-8-11/h3-5,7-9,12,20H,2,6,10H2,1H3,(H,17,18,19). The number of aliphatic hydroxyl groups excluding tert-OH is 1. The summed E-state index contributed by atoms with van der Waals surface area (Å²) in [6.07, 6.45) is 1.83. The molecule has 0 amide bonds. The molecule has 0 radical (unpaired) electrons. The lowest BCUT2D eigenvalue weighted by Gasteiger charge is -2.17. The zero-order valence-corrected chi connectivity index (χ0v) is 13.0. The van der Waals surface area contributed by atoms with Crippen molar-refractivity contribution < 1.29 is 5.11 Å². The molecule has 2 N–H and O–H groups in total. The summed E-state index contributed by atoms with van der Waals surface area (Å²) in [5.41, 5.74) is 1.03. The van der Waals surface area contributed by atoms with E-state index in [-0.39, 0.29) is 12.6 Å². The van der Waals surface area contributed by atoms with Crippen LogP contribution < -0.4 is 5.32 Å². The van der Waals surface area contributed by atoms with Gasteiger partial charge in [-0.25, -0.2) is 9.97 Å². The quantitative estimate of drug-likeness (QED) is 0.795. The lowest BCUT2D eigenvalue weighted by atomic mass is 10.1. The molecule has 0 fully saturated rings. The minimum Gasteiger partial charge on any atom is -0.394 e. The Morgan fingerprint density at radius 2 is 2.00 bits per heavy atom. The molecule has 1 aromatic carbocycles. The summed E-state index contributed by atoms with van der Waals surface area (Å²) in [4.78, 5) is 8.81. The highest BCUT2D eigenvalue weighted by Crippen LogP contribution is 2.20. The van der Waals surface area contributed by atoms with Crippen molar-refractivity contribution in [3.05, 3.63) is 52.4 Å². The number of hydrogen-bond acceptors (Lipinski definition) is 4. The van der Waals surface area contributed by atoms with Crippen molar-refractivity contribution >= 4 is 21.7 Å². The Kier molecular flexibility index (Phi) is 5.49. The van der Waals surface area contributed by atoms with Crippen molar-refractivity contribution in [3.63, 3.8) is 0 Å². The Morgan fingerprint density at radius 1 is 1.25 bits per heavy atom. The molecular formula is C15H18BrN3O. The number of aromatic nitrogens is 2. The largest absolute Gasteiger partial charge is 0.394 e. The van der Waals surface area contributed by atoms with Gasteiger partial charge in [0.1, 0.15) is 16.2 Å². The SMILES string of the molecule is CCCc1nc(Br)cc(NC(CO)c2ccccc2)n1. The van der Waals surface area contributed by atoms with Gasteiger partial charge in [0.05, 0.1) is 12.6 Å². The molecular weight excluding hydrogens is 318 g/mol. The van der Waals surface area contributed by atoms with Gasteiger partial charge in [0.2, 0.25) is 0 Å². The predicted octanol–water partition coefficient (Wildman–Crippen LogP) is 3.34. The van der Waals surface area contributed by atoms with Gasteiger partial charge < -0.3 is 10.4 Å². The number of anilines is 1. The number of benzene rings is 1. The highest BCUT2D eigenvalue weighted by molar-refractivity contribution is 9.10. The first-order chi connectivity index (χ1) is 9.72. The summed E-state index contributed by atoms with van der Waals surface area (Å²) >= 11 is 3.40. The van der Waals surface area contributed by atoms with E-state index in [4.69, 9.17) is 0 Å². The summed E-state index contributed by atoms with van der Waals surface area (Å²) in [6, 6.07) is 11.5. The molecule has 0 aliphatic carbocycles. The number of rotatable bonds is 6. The van der Waals surface area contributed by atoms with Gasteiger partial charge in [0.15, 0.2) is 0 Å². The van der Waals surface area contributed by atoms with Crippen molar-refractivity contribution in [1.29, 1.82) is 0 Å². The average Bonchev–Trinajstić information content (AvgIpc) is 2.45. The molecule has 0 bridgehead atoms. The third-order valence-electron chi connectivity index (χ3n) is 2.92. The number of halogens is 1. The van der Waals surface area contributed by atoms with Gasteiger partial charge in [-0.1, -0.05) is 37.3 Å². The average molecular weight is 336 g/mol. The number of nitrogens with zero attached hydrogens (tertiary/aromatic N) is 2. The van der Waals surface area contributed by atoms with Gasteiger partial charge in [-0.3, -0.25) is 0 Å². The van der Waals surface area contributed by atoms with Crippen LogP contribution in [-0.2, 0) is 6.42 Å². The van der Waals surface area contributed by atoms with Crippen LogP contribution in [-0.4, -0.2) is 21.7 Å². The molecule has 1 atom stereocenters. The van der Waals surface area contributed by atoms with E-state index >= 15 is 0 Å². The summed E-state index contributed by atoms with van der Waals surface area (Å²) in [5.74, 6) is 1.52. The van der Waals surface area contributed by atoms with E-state index in [1.165, 1.54) is 0 Å². The van der Waals surface area contributed by atoms with E-state index in [9.17, 15) is 5.11 Å². The first-order valence-electron chi connectivity index (χ1n) is 6.68. The van der Waals surface area contributed by atoms with E-state index in [1.807, 2.05) is 36.4 Å². The zero-order chi connectivity index (χ0) is 14.4. The molecule has 2 rings (SSSR count). The molecule has 1 aromatic heterocycles. The Balaban J connectivity index is 2.19. The van der Waals surface area contributed by atoms with Gasteiger partial charge in [0.25, 0.3) is 0 Å². The smallest absolute Gasteiger partial charge is 0.132 e. The second-order valence-electron chi connectivity index (χ2n) is 4.53. The van der Waals surface area contributed by atoms with Crippen LogP contribution >= 0.6 is 15.9 Å². The zero-order valence-electron chi connectivity index (χ0n) is 11.4. The third-order valence-corrected chi connectivity index (χ3v) is 3.33. The number of hydrogen-bond donors (Lipinski definition) is 2. The highest BCUT2D eigenvalue weighted by atomic mass is 79.9. The maximum Gasteiger partial charge on any atom is 0.132 e. The highest BCUT2D eigenvalue weighted by Gasteiger charge is 2.11. The lowest BCUT2D eigenvalue weighted by Crippen LogP contribution is -2.16. The Labute approximate surface area is 127 Å². The Morgan fingerprint density at radius 3 is 2.65 bits per heavy atom. The predicted molar refractivity (Wildman–Crippen MR) is 83.6 cm³/mol. The minimum atomic E-state index is -0.174. The van der Waals surface area contributed by atoms with Crippen LogP contribution in [0.5, 0.6) is 0 Å². The summed E-state index contributed by atoms with van der Waals surface area (Å²) in [6.45, 7) is 2.10. The van der Waals surface area contributed by atoms with E-state index in [0.29, 0.717) is 0 Å². The Hall–Kier alpha value is -1.46. The summed E-state index contributed by atoms with van der Waals surface area (Å²) < 4.78 is 0.753. The van der Waals surface area contributed by atoms with Gasteiger partial charge in [0, 0.05) is 12.5 Å². The maximum atomic E-state index is 9.57. The normalized spacial score (nSPS) is 12.2. The molecule has 0 spiro atoms. The van der Waals surface area contributed by atoms with Crippen molar-refractivity contribution in [3.8, 4) is 0 Å². The maximum absolute atomic E-state index is 9.57. The Bertz CT molecular complexity index is 548. The van der Waals surface area contributed by atoms with E-state index in [0.717, 1.165) is 34.7 Å². The van der Waals surface area contributed by atoms with Crippen LogP contribution in [0.15, 0.2) is 41.0 Å². The topological polar surface area (TPSA) is 58.0 Å². The van der Waals surface area contributed by atoms with Gasteiger partial charge in [-0.05, 0) is 27.9 Å². The minimum absolute atomic E-state index is 0.00868. The second kappa shape index (κ2) is 7.36. The molecule has 1 unspecified atom stereocenters. The number of nitrogens with one attached hydrogen (secondary N) is 1. The van der Waals surface area contributed by atoms with Crippen LogP contribution in [0.2, 0.25) is 0 Å². The first kappa shape index (κ1) is 14.9.